The first-order valence-electron chi connectivity index (χ1n) is 6.67. The summed E-state index contributed by atoms with van der Waals surface area (Å²) in [7, 11) is 1.72. The molecule has 0 bridgehead atoms. The number of nitrogens with one attached hydrogen (secondary N) is 1. The molecule has 20 heavy (non-hydrogen) atoms. The third kappa shape index (κ3) is 3.62. The lowest BCUT2D eigenvalue weighted by Crippen LogP contribution is -2.22. The monoisotopic (exact) mass is 353 g/mol. The molecule has 2 aromatic rings. The zero-order valence-corrected chi connectivity index (χ0v) is 14.6. The number of thiophene rings is 1. The first-order valence-corrected chi connectivity index (χ1v) is 8.28. The molecule has 0 aliphatic heterocycles. The summed E-state index contributed by atoms with van der Waals surface area (Å²) in [4.78, 5) is 1.33. The van der Waals surface area contributed by atoms with Gasteiger partial charge in [-0.2, -0.15) is 0 Å². The molecule has 0 amide bonds. The lowest BCUT2D eigenvalue weighted by Gasteiger charge is -2.21. The van der Waals surface area contributed by atoms with Crippen LogP contribution in [0.5, 0.6) is 5.75 Å². The molecule has 0 fully saturated rings. The van der Waals surface area contributed by atoms with Crippen LogP contribution in [0.3, 0.4) is 0 Å². The van der Waals surface area contributed by atoms with Gasteiger partial charge < -0.3 is 10.1 Å². The summed E-state index contributed by atoms with van der Waals surface area (Å²) in [5.41, 5.74) is 2.45. The molecule has 0 saturated heterocycles. The molecule has 1 heterocycles. The quantitative estimate of drug-likeness (QED) is 0.793. The molecule has 2 rings (SSSR count). The second-order valence-corrected chi connectivity index (χ2v) is 7.49. The van der Waals surface area contributed by atoms with E-state index >= 15 is 0 Å². The topological polar surface area (TPSA) is 21.3 Å². The normalized spacial score (nSPS) is 14.1. The van der Waals surface area contributed by atoms with Gasteiger partial charge in [-0.15, -0.1) is 11.3 Å². The number of methoxy groups -OCH3 is 1. The third-order valence-electron chi connectivity index (χ3n) is 3.37. The fraction of sp³-hybridized carbons (Fsp3) is 0.375. The van der Waals surface area contributed by atoms with E-state index in [1.165, 1.54) is 19.8 Å². The highest BCUT2D eigenvalue weighted by Gasteiger charge is 2.16. The molecule has 1 aromatic carbocycles. The van der Waals surface area contributed by atoms with Crippen molar-refractivity contribution in [2.24, 2.45) is 0 Å². The van der Waals surface area contributed by atoms with Crippen molar-refractivity contribution in [3.63, 3.8) is 0 Å². The molecule has 0 aliphatic carbocycles. The Hall–Kier alpha value is -0.840. The molecular formula is C16H20BrNOS. The van der Waals surface area contributed by atoms with Crippen molar-refractivity contribution in [1.82, 2.24) is 5.32 Å². The van der Waals surface area contributed by atoms with Crippen molar-refractivity contribution in [2.75, 3.05) is 7.11 Å². The predicted molar refractivity (Wildman–Crippen MR) is 89.7 cm³/mol. The summed E-state index contributed by atoms with van der Waals surface area (Å²) in [6.07, 6.45) is 0. The maximum atomic E-state index is 5.47. The smallest absolute Gasteiger partial charge is 0.123 e. The van der Waals surface area contributed by atoms with E-state index in [0.29, 0.717) is 6.04 Å². The Morgan fingerprint density at radius 1 is 1.15 bits per heavy atom. The Bertz CT molecular complexity index is 582. The zero-order chi connectivity index (χ0) is 14.7. The molecular weight excluding hydrogens is 334 g/mol. The van der Waals surface area contributed by atoms with Crippen molar-refractivity contribution in [3.05, 3.63) is 50.1 Å². The molecule has 0 spiro atoms. The van der Waals surface area contributed by atoms with Gasteiger partial charge >= 0.3 is 0 Å². The maximum absolute atomic E-state index is 5.47. The van der Waals surface area contributed by atoms with Crippen LogP contribution in [0.25, 0.3) is 0 Å². The summed E-state index contributed by atoms with van der Waals surface area (Å²) in [6, 6.07) is 11.1. The van der Waals surface area contributed by atoms with Crippen LogP contribution < -0.4 is 10.1 Å². The van der Waals surface area contributed by atoms with Crippen molar-refractivity contribution in [3.8, 4) is 5.75 Å². The zero-order valence-electron chi connectivity index (χ0n) is 12.2. The molecule has 1 aromatic heterocycles. The molecule has 108 valence electrons. The molecule has 0 saturated carbocycles. The standard InChI is InChI=1S/C16H20BrNOS/c1-10-5-6-14(19-4)13(9-10)11(2)18-12(3)15-7-8-16(17)20-15/h5-9,11-12,18H,1-4H3. The van der Waals surface area contributed by atoms with Gasteiger partial charge in [-0.3, -0.25) is 0 Å². The van der Waals surface area contributed by atoms with Gasteiger partial charge in [0.25, 0.3) is 0 Å². The number of hydrogen-bond acceptors (Lipinski definition) is 3. The summed E-state index contributed by atoms with van der Waals surface area (Å²) < 4.78 is 6.64. The van der Waals surface area contributed by atoms with E-state index in [-0.39, 0.29) is 6.04 Å². The molecule has 4 heteroatoms. The van der Waals surface area contributed by atoms with E-state index in [4.69, 9.17) is 4.74 Å². The van der Waals surface area contributed by atoms with Crippen LogP contribution >= 0.6 is 27.3 Å². The summed E-state index contributed by atoms with van der Waals surface area (Å²) >= 11 is 5.28. The highest BCUT2D eigenvalue weighted by Crippen LogP contribution is 2.31. The Balaban J connectivity index is 2.15. The molecule has 1 N–H and O–H groups in total. The van der Waals surface area contributed by atoms with Gasteiger partial charge in [-0.1, -0.05) is 17.7 Å². The molecule has 2 unspecified atom stereocenters. The molecule has 0 radical (unpaired) electrons. The van der Waals surface area contributed by atoms with E-state index < -0.39 is 0 Å². The lowest BCUT2D eigenvalue weighted by molar-refractivity contribution is 0.397. The Morgan fingerprint density at radius 3 is 2.50 bits per heavy atom. The number of halogens is 1. The van der Waals surface area contributed by atoms with Gasteiger partial charge in [0.15, 0.2) is 0 Å². The summed E-state index contributed by atoms with van der Waals surface area (Å²) in [5.74, 6) is 0.940. The van der Waals surface area contributed by atoms with E-state index in [0.717, 1.165) is 5.75 Å². The molecule has 2 nitrogen and oxygen atoms in total. The predicted octanol–water partition coefficient (Wildman–Crippen LogP) is 5.24. The average molecular weight is 354 g/mol. The van der Waals surface area contributed by atoms with Crippen LogP contribution in [0.2, 0.25) is 0 Å². The first kappa shape index (κ1) is 15.5. The Morgan fingerprint density at radius 2 is 1.90 bits per heavy atom. The van der Waals surface area contributed by atoms with Gasteiger partial charge in [0.05, 0.1) is 10.9 Å². The van der Waals surface area contributed by atoms with Crippen LogP contribution in [-0.4, -0.2) is 7.11 Å². The third-order valence-corrected chi connectivity index (χ3v) is 5.18. The lowest BCUT2D eigenvalue weighted by atomic mass is 10.0. The molecule has 0 aliphatic rings. The summed E-state index contributed by atoms with van der Waals surface area (Å²) in [6.45, 7) is 6.48. The van der Waals surface area contributed by atoms with Gasteiger partial charge in [-0.25, -0.2) is 0 Å². The minimum atomic E-state index is 0.237. The number of ether oxygens (including phenoxy) is 1. The van der Waals surface area contributed by atoms with Crippen LogP contribution in [0.15, 0.2) is 34.1 Å². The van der Waals surface area contributed by atoms with Crippen LogP contribution in [0.4, 0.5) is 0 Å². The fourth-order valence-electron chi connectivity index (χ4n) is 2.30. The Kier molecular flexibility index (Phi) is 5.24. The van der Waals surface area contributed by atoms with E-state index in [1.54, 1.807) is 18.4 Å². The van der Waals surface area contributed by atoms with Crippen molar-refractivity contribution < 1.29 is 4.74 Å². The Labute approximate surface area is 133 Å². The first-order chi connectivity index (χ1) is 9.51. The maximum Gasteiger partial charge on any atom is 0.123 e. The van der Waals surface area contributed by atoms with E-state index in [1.807, 2.05) is 6.07 Å². The average Bonchev–Trinajstić information content (AvgIpc) is 2.85. The number of hydrogen-bond donors (Lipinski definition) is 1. The van der Waals surface area contributed by atoms with Crippen molar-refractivity contribution in [1.29, 1.82) is 0 Å². The van der Waals surface area contributed by atoms with Gasteiger partial charge in [-0.05, 0) is 54.9 Å². The van der Waals surface area contributed by atoms with E-state index in [9.17, 15) is 0 Å². The van der Waals surface area contributed by atoms with Crippen molar-refractivity contribution in [2.45, 2.75) is 32.9 Å². The number of benzene rings is 1. The highest BCUT2D eigenvalue weighted by atomic mass is 79.9. The highest BCUT2D eigenvalue weighted by molar-refractivity contribution is 9.11. The van der Waals surface area contributed by atoms with Crippen LogP contribution in [-0.2, 0) is 0 Å². The van der Waals surface area contributed by atoms with Crippen molar-refractivity contribution >= 4 is 27.3 Å². The number of aryl methyl sites for hydroxylation is 1. The molecule has 2 atom stereocenters. The summed E-state index contributed by atoms with van der Waals surface area (Å²) in [5, 5.41) is 3.64. The van der Waals surface area contributed by atoms with E-state index in [2.05, 4.69) is 66.3 Å². The SMILES string of the molecule is COc1ccc(C)cc1C(C)NC(C)c1ccc(Br)s1. The van der Waals surface area contributed by atoms with Gasteiger partial charge in [0.1, 0.15) is 5.75 Å². The van der Waals surface area contributed by atoms with Gasteiger partial charge in [0.2, 0.25) is 0 Å². The second kappa shape index (κ2) is 6.74. The van der Waals surface area contributed by atoms with Gasteiger partial charge in [0, 0.05) is 22.5 Å². The van der Waals surface area contributed by atoms with Crippen LogP contribution in [0, 0.1) is 6.92 Å². The minimum absolute atomic E-state index is 0.237. The number of rotatable bonds is 5. The van der Waals surface area contributed by atoms with Crippen LogP contribution in [0.1, 0.15) is 41.9 Å². The fourth-order valence-corrected chi connectivity index (χ4v) is 3.74. The minimum Gasteiger partial charge on any atom is -0.496 e. The second-order valence-electron chi connectivity index (χ2n) is 5.00. The largest absolute Gasteiger partial charge is 0.496 e.